The first kappa shape index (κ1) is 27.5. The first-order valence-corrected chi connectivity index (χ1v) is 14.5. The number of hydrogen-bond donors (Lipinski definition) is 0. The van der Waals surface area contributed by atoms with Crippen LogP contribution in [0.4, 0.5) is 0 Å². The molecule has 0 aromatic carbocycles. The Bertz CT molecular complexity index is 944. The summed E-state index contributed by atoms with van der Waals surface area (Å²) < 4.78 is 10.7. The molecule has 0 radical (unpaired) electrons. The third-order valence-corrected chi connectivity index (χ3v) is 11.8. The maximum atomic E-state index is 11.8. The summed E-state index contributed by atoms with van der Waals surface area (Å²) >= 11 is 0. The van der Waals surface area contributed by atoms with Gasteiger partial charge in [0.25, 0.3) is 0 Å². The van der Waals surface area contributed by atoms with Crippen molar-refractivity contribution in [1.82, 2.24) is 0 Å². The Morgan fingerprint density at radius 1 is 1.03 bits per heavy atom. The molecule has 4 rings (SSSR count). The number of methoxy groups -OCH3 is 1. The zero-order chi connectivity index (χ0) is 26.5. The van der Waals surface area contributed by atoms with Crippen LogP contribution < -0.4 is 0 Å². The van der Waals surface area contributed by atoms with Crippen molar-refractivity contribution in [3.63, 3.8) is 0 Å². The van der Waals surface area contributed by atoms with E-state index in [2.05, 4.69) is 53.7 Å². The number of carbonyl (C=O) groups excluding carboxylic acids is 2. The van der Waals surface area contributed by atoms with E-state index >= 15 is 0 Å². The molecule has 0 N–H and O–H groups in total. The highest BCUT2D eigenvalue weighted by atomic mass is 16.5. The van der Waals surface area contributed by atoms with E-state index in [1.54, 1.807) is 18.1 Å². The molecule has 4 aliphatic carbocycles. The van der Waals surface area contributed by atoms with E-state index in [0.717, 1.165) is 38.5 Å². The number of rotatable bonds is 7. The van der Waals surface area contributed by atoms with Crippen LogP contribution in [0.3, 0.4) is 0 Å². The van der Waals surface area contributed by atoms with Gasteiger partial charge in [-0.25, -0.2) is 0 Å². The highest BCUT2D eigenvalue weighted by molar-refractivity contribution is 5.69. The smallest absolute Gasteiger partial charge is 0.305 e. The van der Waals surface area contributed by atoms with Gasteiger partial charge in [0.2, 0.25) is 0 Å². The lowest BCUT2D eigenvalue weighted by Crippen LogP contribution is -2.55. The van der Waals surface area contributed by atoms with Crippen LogP contribution in [0.1, 0.15) is 113 Å². The van der Waals surface area contributed by atoms with Crippen LogP contribution in [0.15, 0.2) is 23.3 Å². The van der Waals surface area contributed by atoms with Gasteiger partial charge in [0.1, 0.15) is 6.10 Å². The molecule has 0 aromatic rings. The largest absolute Gasteiger partial charge is 0.469 e. The van der Waals surface area contributed by atoms with Gasteiger partial charge >= 0.3 is 11.9 Å². The van der Waals surface area contributed by atoms with E-state index in [-0.39, 0.29) is 39.7 Å². The minimum absolute atomic E-state index is 0.00367. The van der Waals surface area contributed by atoms with Crippen molar-refractivity contribution < 1.29 is 19.1 Å². The first-order valence-electron chi connectivity index (χ1n) is 14.5. The van der Waals surface area contributed by atoms with Crippen molar-refractivity contribution in [2.24, 2.45) is 39.4 Å². The fourth-order valence-corrected chi connectivity index (χ4v) is 9.38. The quantitative estimate of drug-likeness (QED) is 0.265. The summed E-state index contributed by atoms with van der Waals surface area (Å²) in [6.07, 6.45) is 15.8. The molecule has 0 bridgehead atoms. The number of carbonyl (C=O) groups is 2. The van der Waals surface area contributed by atoms with Crippen LogP contribution in [-0.4, -0.2) is 25.2 Å². The maximum absolute atomic E-state index is 11.8. The minimum atomic E-state index is -0.153. The van der Waals surface area contributed by atoms with Crippen LogP contribution in [0, 0.1) is 39.4 Å². The Morgan fingerprint density at radius 2 is 1.75 bits per heavy atom. The van der Waals surface area contributed by atoms with Crippen LogP contribution >= 0.6 is 0 Å². The number of esters is 2. The van der Waals surface area contributed by atoms with Crippen molar-refractivity contribution in [1.29, 1.82) is 0 Å². The molecule has 202 valence electrons. The van der Waals surface area contributed by atoms with Gasteiger partial charge in [-0.15, -0.1) is 0 Å². The van der Waals surface area contributed by atoms with Gasteiger partial charge in [0.05, 0.1) is 7.11 Å². The fraction of sp³-hybridized carbons (Fsp3) is 0.812. The SMILES string of the molecule is COC(=O)CCCCC(C)[C@H]1CC[C@@]2(C)C3=CC[C@H]4C(C)(C)[C@@H](OC(C)=O)CC[C@]4(C)C3=CC[C@]12C. The van der Waals surface area contributed by atoms with Gasteiger partial charge in [-0.1, -0.05) is 66.5 Å². The summed E-state index contributed by atoms with van der Waals surface area (Å²) in [5.74, 6) is 1.61. The molecular formula is C32H50O4. The van der Waals surface area contributed by atoms with Crippen LogP contribution in [-0.2, 0) is 19.1 Å². The van der Waals surface area contributed by atoms with Crippen molar-refractivity contribution in [3.05, 3.63) is 23.3 Å². The molecule has 4 nitrogen and oxygen atoms in total. The lowest BCUT2D eigenvalue weighted by atomic mass is 9.44. The highest BCUT2D eigenvalue weighted by Gasteiger charge is 2.63. The summed E-state index contributed by atoms with van der Waals surface area (Å²) in [4.78, 5) is 23.3. The molecule has 0 aromatic heterocycles. The minimum Gasteiger partial charge on any atom is -0.469 e. The van der Waals surface area contributed by atoms with E-state index in [9.17, 15) is 9.59 Å². The van der Waals surface area contributed by atoms with Crippen LogP contribution in [0.2, 0.25) is 0 Å². The second-order valence-corrected chi connectivity index (χ2v) is 13.8. The third kappa shape index (κ3) is 4.19. The zero-order valence-electron chi connectivity index (χ0n) is 24.2. The summed E-state index contributed by atoms with van der Waals surface area (Å²) in [6.45, 7) is 16.3. The lowest BCUT2D eigenvalue weighted by molar-refractivity contribution is -0.165. The third-order valence-electron chi connectivity index (χ3n) is 11.8. The van der Waals surface area contributed by atoms with E-state index in [1.807, 2.05) is 0 Å². The van der Waals surface area contributed by atoms with Crippen LogP contribution in [0.5, 0.6) is 0 Å². The fourth-order valence-electron chi connectivity index (χ4n) is 9.38. The van der Waals surface area contributed by atoms with Crippen molar-refractivity contribution in [3.8, 4) is 0 Å². The number of hydrogen-bond acceptors (Lipinski definition) is 4. The lowest BCUT2D eigenvalue weighted by Gasteiger charge is -2.61. The summed E-state index contributed by atoms with van der Waals surface area (Å²) in [6, 6.07) is 0. The van der Waals surface area contributed by atoms with Gasteiger partial charge in [-0.05, 0) is 90.1 Å². The molecule has 2 saturated carbocycles. The molecule has 1 unspecified atom stereocenters. The number of unbranched alkanes of at least 4 members (excludes halogenated alkanes) is 1. The average molecular weight is 499 g/mol. The van der Waals surface area contributed by atoms with Gasteiger partial charge < -0.3 is 9.47 Å². The molecule has 0 spiro atoms. The van der Waals surface area contributed by atoms with Gasteiger partial charge in [-0.2, -0.15) is 0 Å². The van der Waals surface area contributed by atoms with E-state index in [1.165, 1.54) is 26.4 Å². The number of fused-ring (bicyclic) bond motifs is 5. The number of ether oxygens (including phenoxy) is 2. The van der Waals surface area contributed by atoms with E-state index in [0.29, 0.717) is 24.2 Å². The molecule has 2 fully saturated rings. The Hall–Kier alpha value is -1.58. The van der Waals surface area contributed by atoms with Crippen LogP contribution in [0.25, 0.3) is 0 Å². The van der Waals surface area contributed by atoms with Gasteiger partial charge in [0, 0.05) is 18.8 Å². The van der Waals surface area contributed by atoms with Crippen molar-refractivity contribution in [2.75, 3.05) is 7.11 Å². The summed E-state index contributed by atoms with van der Waals surface area (Å²) in [5, 5.41) is 0. The van der Waals surface area contributed by atoms with Gasteiger partial charge in [-0.3, -0.25) is 9.59 Å². The molecular weight excluding hydrogens is 448 g/mol. The first-order chi connectivity index (χ1) is 16.8. The second-order valence-electron chi connectivity index (χ2n) is 13.8. The Labute approximate surface area is 219 Å². The predicted octanol–water partition coefficient (Wildman–Crippen LogP) is 7.81. The molecule has 0 saturated heterocycles. The second kappa shape index (κ2) is 9.62. The van der Waals surface area contributed by atoms with E-state index < -0.39 is 0 Å². The molecule has 0 aliphatic heterocycles. The van der Waals surface area contributed by atoms with E-state index in [4.69, 9.17) is 9.47 Å². The molecule has 0 amide bonds. The number of allylic oxidation sites excluding steroid dienone is 4. The maximum Gasteiger partial charge on any atom is 0.305 e. The Balaban J connectivity index is 1.55. The normalized spacial score (nSPS) is 39.6. The monoisotopic (exact) mass is 498 g/mol. The van der Waals surface area contributed by atoms with Crippen molar-refractivity contribution in [2.45, 2.75) is 119 Å². The summed E-state index contributed by atoms with van der Waals surface area (Å²) in [7, 11) is 1.48. The molecule has 36 heavy (non-hydrogen) atoms. The Kier molecular flexibility index (Phi) is 7.34. The molecule has 4 heteroatoms. The highest BCUT2D eigenvalue weighted by Crippen LogP contribution is 2.71. The van der Waals surface area contributed by atoms with Gasteiger partial charge in [0.15, 0.2) is 0 Å². The standard InChI is InChI=1S/C32H50O4/c1-21(11-9-10-12-28(34)35-8)23-15-19-32(7)25-13-14-26-29(3,4)27(36-22(2)33)17-18-30(26,5)24(25)16-20-31(23,32)6/h13,16,21,23,26-27H,9-12,14-15,17-20H2,1-8H3/t21?,23-,26+,27+,30-,31-,32+/m1/s1. The average Bonchev–Trinajstić information content (AvgIpc) is 3.09. The molecule has 7 atom stereocenters. The zero-order valence-corrected chi connectivity index (χ0v) is 24.2. The Morgan fingerprint density at radius 3 is 2.42 bits per heavy atom. The molecule has 0 heterocycles. The van der Waals surface area contributed by atoms with Crippen molar-refractivity contribution >= 4 is 11.9 Å². The topological polar surface area (TPSA) is 52.6 Å². The predicted molar refractivity (Wildman–Crippen MR) is 144 cm³/mol. The molecule has 4 aliphatic rings. The summed E-state index contributed by atoms with van der Waals surface area (Å²) in [5.41, 5.74) is 3.84.